The Balaban J connectivity index is 2.12. The summed E-state index contributed by atoms with van der Waals surface area (Å²) in [6.45, 7) is 5.41. The summed E-state index contributed by atoms with van der Waals surface area (Å²) in [5.74, 6) is 0.255. The molecule has 3 heterocycles. The van der Waals surface area contributed by atoms with Crippen LogP contribution >= 0.6 is 24.0 Å². The molecule has 1 aliphatic rings. The van der Waals surface area contributed by atoms with Gasteiger partial charge in [0.15, 0.2) is 0 Å². The highest BCUT2D eigenvalue weighted by atomic mass is 32.2. The zero-order valence-electron chi connectivity index (χ0n) is 16.0. The number of aromatic nitrogens is 2. The third-order valence-electron chi connectivity index (χ3n) is 4.28. The van der Waals surface area contributed by atoms with Gasteiger partial charge in [0.1, 0.15) is 15.8 Å². The Hall–Kier alpha value is -2.23. The molecular weight excluding hydrogens is 396 g/mol. The van der Waals surface area contributed by atoms with Crippen molar-refractivity contribution in [3.8, 4) is 0 Å². The molecule has 0 aliphatic carbocycles. The molecule has 2 aromatic heterocycles. The zero-order valence-corrected chi connectivity index (χ0v) is 17.7. The highest BCUT2D eigenvalue weighted by Gasteiger charge is 2.32. The fourth-order valence-corrected chi connectivity index (χ4v) is 4.19. The first-order valence-electron chi connectivity index (χ1n) is 8.98. The molecule has 0 saturated carbocycles. The quantitative estimate of drug-likeness (QED) is 0.421. The SMILES string of the molecule is CCCN1C(=O)C(=Cc2c(NCCOC)nc3c(C)cccn3c2=O)SC1=S. The van der Waals surface area contributed by atoms with E-state index in [1.807, 2.05) is 19.9 Å². The summed E-state index contributed by atoms with van der Waals surface area (Å²) in [5.41, 5.74) is 1.55. The molecule has 0 aromatic carbocycles. The molecule has 1 N–H and O–H groups in total. The van der Waals surface area contributed by atoms with Crippen LogP contribution in [0.15, 0.2) is 28.0 Å². The first kappa shape index (κ1) is 20.5. The second-order valence-electron chi connectivity index (χ2n) is 6.32. The van der Waals surface area contributed by atoms with E-state index >= 15 is 0 Å². The molecule has 1 fully saturated rings. The van der Waals surface area contributed by atoms with Crippen molar-refractivity contribution < 1.29 is 9.53 Å². The molecule has 28 heavy (non-hydrogen) atoms. The van der Waals surface area contributed by atoms with Crippen LogP contribution in [0.5, 0.6) is 0 Å². The molecule has 1 amide bonds. The Morgan fingerprint density at radius 2 is 2.18 bits per heavy atom. The Morgan fingerprint density at radius 3 is 2.89 bits per heavy atom. The first-order valence-corrected chi connectivity index (χ1v) is 10.2. The Bertz CT molecular complexity index is 1020. The highest BCUT2D eigenvalue weighted by Crippen LogP contribution is 2.33. The van der Waals surface area contributed by atoms with Crippen LogP contribution in [-0.4, -0.2) is 51.3 Å². The summed E-state index contributed by atoms with van der Waals surface area (Å²) in [4.78, 5) is 32.5. The van der Waals surface area contributed by atoms with Crippen LogP contribution in [0.3, 0.4) is 0 Å². The molecule has 0 spiro atoms. The maximum absolute atomic E-state index is 13.2. The Kier molecular flexibility index (Phi) is 6.48. The number of hydrogen-bond acceptors (Lipinski definition) is 7. The average Bonchev–Trinajstić information content (AvgIpc) is 2.93. The second kappa shape index (κ2) is 8.85. The molecule has 3 rings (SSSR count). The summed E-state index contributed by atoms with van der Waals surface area (Å²) in [6, 6.07) is 3.70. The summed E-state index contributed by atoms with van der Waals surface area (Å²) in [5, 5.41) is 3.15. The number of carbonyl (C=O) groups excluding carboxylic acids is 1. The number of thiocarbonyl (C=S) groups is 1. The number of ether oxygens (including phenoxy) is 1. The highest BCUT2D eigenvalue weighted by molar-refractivity contribution is 8.26. The van der Waals surface area contributed by atoms with Gasteiger partial charge in [0.05, 0.1) is 17.1 Å². The molecule has 7 nitrogen and oxygen atoms in total. The number of aryl methyl sites for hydroxylation is 1. The number of nitrogens with zero attached hydrogens (tertiary/aromatic N) is 3. The smallest absolute Gasteiger partial charge is 0.267 e. The summed E-state index contributed by atoms with van der Waals surface area (Å²) in [7, 11) is 1.61. The normalized spacial score (nSPS) is 15.8. The first-order chi connectivity index (χ1) is 13.5. The van der Waals surface area contributed by atoms with Gasteiger partial charge in [-0.15, -0.1) is 0 Å². The number of pyridine rings is 1. The predicted octanol–water partition coefficient (Wildman–Crippen LogP) is 2.67. The number of methoxy groups -OCH3 is 1. The van der Waals surface area contributed by atoms with Gasteiger partial charge < -0.3 is 10.1 Å². The van der Waals surface area contributed by atoms with Gasteiger partial charge in [0.2, 0.25) is 0 Å². The van der Waals surface area contributed by atoms with E-state index in [-0.39, 0.29) is 11.5 Å². The number of fused-ring (bicyclic) bond motifs is 1. The van der Waals surface area contributed by atoms with Crippen LogP contribution in [0, 0.1) is 6.92 Å². The van der Waals surface area contributed by atoms with Crippen molar-refractivity contribution in [2.24, 2.45) is 0 Å². The fraction of sp³-hybridized carbons (Fsp3) is 0.368. The lowest BCUT2D eigenvalue weighted by molar-refractivity contribution is -0.122. The molecule has 148 valence electrons. The minimum atomic E-state index is -0.241. The van der Waals surface area contributed by atoms with Crippen LogP contribution in [0.4, 0.5) is 5.82 Å². The van der Waals surface area contributed by atoms with Crippen LogP contribution in [0.2, 0.25) is 0 Å². The van der Waals surface area contributed by atoms with E-state index < -0.39 is 0 Å². The van der Waals surface area contributed by atoms with Gasteiger partial charge in [0, 0.05) is 26.4 Å². The predicted molar refractivity (Wildman–Crippen MR) is 117 cm³/mol. The van der Waals surface area contributed by atoms with E-state index in [1.54, 1.807) is 30.3 Å². The molecular formula is C19H22N4O3S2. The number of hydrogen-bond donors (Lipinski definition) is 1. The maximum atomic E-state index is 13.2. The van der Waals surface area contributed by atoms with Crippen molar-refractivity contribution in [2.75, 3.05) is 32.1 Å². The fourth-order valence-electron chi connectivity index (χ4n) is 2.90. The minimum Gasteiger partial charge on any atom is -0.383 e. The third-order valence-corrected chi connectivity index (χ3v) is 5.66. The molecule has 0 radical (unpaired) electrons. The topological polar surface area (TPSA) is 75.9 Å². The van der Waals surface area contributed by atoms with E-state index in [0.717, 1.165) is 12.0 Å². The van der Waals surface area contributed by atoms with Crippen LogP contribution in [0.1, 0.15) is 24.5 Å². The van der Waals surface area contributed by atoms with E-state index in [1.165, 1.54) is 16.2 Å². The van der Waals surface area contributed by atoms with Gasteiger partial charge in [-0.1, -0.05) is 37.0 Å². The van der Waals surface area contributed by atoms with Crippen LogP contribution < -0.4 is 10.9 Å². The number of carbonyl (C=O) groups is 1. The van der Waals surface area contributed by atoms with Gasteiger partial charge in [-0.25, -0.2) is 4.98 Å². The summed E-state index contributed by atoms with van der Waals surface area (Å²) in [6.07, 6.45) is 4.08. The monoisotopic (exact) mass is 418 g/mol. The lowest BCUT2D eigenvalue weighted by Gasteiger charge is -2.13. The van der Waals surface area contributed by atoms with Crippen molar-refractivity contribution in [3.05, 3.63) is 44.7 Å². The molecule has 0 unspecified atom stereocenters. The average molecular weight is 419 g/mol. The maximum Gasteiger partial charge on any atom is 0.267 e. The standard InChI is InChI=1S/C19H22N4O3S2/c1-4-8-23-18(25)14(28-19(23)27)11-13-15(20-7-10-26-3)21-16-12(2)6-5-9-22(16)17(13)24/h5-6,9,11,20H,4,7-8,10H2,1-3H3. The van der Waals surface area contributed by atoms with Crippen molar-refractivity contribution in [3.63, 3.8) is 0 Å². The van der Waals surface area contributed by atoms with Crippen molar-refractivity contribution in [1.82, 2.24) is 14.3 Å². The van der Waals surface area contributed by atoms with E-state index in [9.17, 15) is 9.59 Å². The van der Waals surface area contributed by atoms with Crippen molar-refractivity contribution in [1.29, 1.82) is 0 Å². The van der Waals surface area contributed by atoms with Gasteiger partial charge in [-0.05, 0) is 31.1 Å². The lowest BCUT2D eigenvalue weighted by atomic mass is 10.2. The van der Waals surface area contributed by atoms with Crippen LogP contribution in [-0.2, 0) is 9.53 Å². The molecule has 2 aromatic rings. The van der Waals surface area contributed by atoms with Gasteiger partial charge in [0.25, 0.3) is 11.5 Å². The number of nitrogens with one attached hydrogen (secondary N) is 1. The summed E-state index contributed by atoms with van der Waals surface area (Å²) >= 11 is 6.53. The lowest BCUT2D eigenvalue weighted by Crippen LogP contribution is -2.28. The van der Waals surface area contributed by atoms with Gasteiger partial charge in [-0.2, -0.15) is 0 Å². The molecule has 0 atom stereocenters. The Morgan fingerprint density at radius 1 is 1.39 bits per heavy atom. The van der Waals surface area contributed by atoms with Crippen LogP contribution in [0.25, 0.3) is 11.7 Å². The van der Waals surface area contributed by atoms with E-state index in [4.69, 9.17) is 17.0 Å². The number of rotatable bonds is 7. The minimum absolute atomic E-state index is 0.173. The zero-order chi connectivity index (χ0) is 20.3. The van der Waals surface area contributed by atoms with E-state index in [0.29, 0.717) is 46.0 Å². The van der Waals surface area contributed by atoms with Crippen molar-refractivity contribution in [2.45, 2.75) is 20.3 Å². The largest absolute Gasteiger partial charge is 0.383 e. The molecule has 1 aliphatic heterocycles. The van der Waals surface area contributed by atoms with Gasteiger partial charge in [-0.3, -0.25) is 18.9 Å². The molecule has 9 heteroatoms. The van der Waals surface area contributed by atoms with E-state index in [2.05, 4.69) is 10.3 Å². The molecule has 0 bridgehead atoms. The van der Waals surface area contributed by atoms with Crippen molar-refractivity contribution >= 4 is 51.7 Å². The number of anilines is 1. The van der Waals surface area contributed by atoms with Gasteiger partial charge >= 0.3 is 0 Å². The Labute approximate surface area is 172 Å². The number of thioether (sulfide) groups is 1. The molecule has 1 saturated heterocycles. The number of amides is 1. The summed E-state index contributed by atoms with van der Waals surface area (Å²) < 4.78 is 7.09. The second-order valence-corrected chi connectivity index (χ2v) is 7.99. The third kappa shape index (κ3) is 3.96.